The number of nitrogens with zero attached hydrogens (tertiary/aromatic N) is 6. The third kappa shape index (κ3) is 5.07. The number of carbonyl (C=O) groups excluding carboxylic acids is 1. The van der Waals surface area contributed by atoms with Crippen molar-refractivity contribution >= 4 is 60.9 Å². The van der Waals surface area contributed by atoms with E-state index in [1.807, 2.05) is 12.1 Å². The van der Waals surface area contributed by atoms with Crippen LogP contribution < -0.4 is 0 Å². The van der Waals surface area contributed by atoms with Gasteiger partial charge < -0.3 is 4.55 Å². The van der Waals surface area contributed by atoms with E-state index in [0.717, 1.165) is 11.1 Å². The van der Waals surface area contributed by atoms with Crippen molar-refractivity contribution in [2.45, 2.75) is 5.03 Å². The molecule has 0 fully saturated rings. The van der Waals surface area contributed by atoms with Gasteiger partial charge in [-0.2, -0.15) is 5.10 Å². The van der Waals surface area contributed by atoms with Crippen LogP contribution in [0.15, 0.2) is 71.1 Å². The van der Waals surface area contributed by atoms with Gasteiger partial charge in [0.1, 0.15) is 11.4 Å². The standard InChI is InChI=1S/C21H19ClN6O3S2/c1-27(2)33(30,31)17-9-5-15(6-10-17)26-19(29)12-32-21-18-11-25-28(20(18)23-13-24-21)16-7-3-14(22)4-8-16/h3-11,13H,12H2,1-2H3,(H,30,31). The van der Waals surface area contributed by atoms with Crippen LogP contribution in [-0.2, 0) is 14.8 Å². The largest absolute Gasteiger partial charge is 0.302 e. The molecule has 0 spiro atoms. The maximum Gasteiger partial charge on any atom is 0.256 e. The summed E-state index contributed by atoms with van der Waals surface area (Å²) < 4.78 is 25.2. The van der Waals surface area contributed by atoms with Gasteiger partial charge in [0, 0.05) is 19.1 Å². The zero-order valence-electron chi connectivity index (χ0n) is 17.6. The van der Waals surface area contributed by atoms with Gasteiger partial charge in [0.05, 0.1) is 33.6 Å². The van der Waals surface area contributed by atoms with Gasteiger partial charge in [-0.05, 0) is 48.6 Å². The minimum Gasteiger partial charge on any atom is -0.302 e. The van der Waals surface area contributed by atoms with Crippen molar-refractivity contribution in [3.63, 3.8) is 0 Å². The Labute approximate surface area is 199 Å². The van der Waals surface area contributed by atoms with Crippen molar-refractivity contribution in [3.8, 4) is 5.69 Å². The van der Waals surface area contributed by atoms with Crippen LogP contribution in [0.25, 0.3) is 16.7 Å². The lowest BCUT2D eigenvalue weighted by Crippen LogP contribution is -2.27. The van der Waals surface area contributed by atoms with Gasteiger partial charge in [-0.15, -0.1) is 0 Å². The number of amides is 1. The number of benzene rings is 1. The van der Waals surface area contributed by atoms with Gasteiger partial charge in [0.25, 0.3) is 5.91 Å². The molecule has 9 nitrogen and oxygen atoms in total. The summed E-state index contributed by atoms with van der Waals surface area (Å²) in [6.07, 6.45) is 9.13. The molecule has 1 unspecified atom stereocenters. The first kappa shape index (κ1) is 23.3. The van der Waals surface area contributed by atoms with E-state index < -0.39 is 9.99 Å². The average Bonchev–Trinajstić information content (AvgIpc) is 3.23. The number of aromatic nitrogens is 4. The molecule has 0 saturated heterocycles. The minimum atomic E-state index is -3.29. The van der Waals surface area contributed by atoms with Gasteiger partial charge in [-0.1, -0.05) is 23.4 Å². The highest BCUT2D eigenvalue weighted by Gasteiger charge is 2.15. The van der Waals surface area contributed by atoms with Crippen LogP contribution in [0.4, 0.5) is 0 Å². The molecule has 3 aromatic rings. The molecular formula is C21H19ClN6O3S2. The van der Waals surface area contributed by atoms with E-state index in [1.165, 1.54) is 60.8 Å². The van der Waals surface area contributed by atoms with Gasteiger partial charge >= 0.3 is 0 Å². The number of thioether (sulfide) groups is 1. The smallest absolute Gasteiger partial charge is 0.256 e. The minimum absolute atomic E-state index is 0.0639. The number of halogens is 1. The molecule has 2 heterocycles. The number of hydrogen-bond acceptors (Lipinski definition) is 6. The average molecular weight is 503 g/mol. The van der Waals surface area contributed by atoms with Crippen LogP contribution in [0.5, 0.6) is 0 Å². The highest BCUT2D eigenvalue weighted by Crippen LogP contribution is 2.26. The summed E-state index contributed by atoms with van der Waals surface area (Å²) in [5.74, 6) is -0.295. The van der Waals surface area contributed by atoms with Crippen LogP contribution in [0, 0.1) is 0 Å². The predicted molar refractivity (Wildman–Crippen MR) is 133 cm³/mol. The zero-order valence-corrected chi connectivity index (χ0v) is 20.0. The Kier molecular flexibility index (Phi) is 6.77. The van der Waals surface area contributed by atoms with E-state index in [4.69, 9.17) is 11.6 Å². The van der Waals surface area contributed by atoms with E-state index in [-0.39, 0.29) is 16.5 Å². The summed E-state index contributed by atoms with van der Waals surface area (Å²) >= 11 is 7.20. The second kappa shape index (κ2) is 9.57. The molecule has 1 atom stereocenters. The Balaban J connectivity index is 1.48. The zero-order chi connectivity index (χ0) is 23.6. The Morgan fingerprint density at radius 1 is 1.18 bits per heavy atom. The van der Waals surface area contributed by atoms with Crippen LogP contribution in [0.2, 0.25) is 5.02 Å². The second-order valence-corrected chi connectivity index (χ2v) is 10.6. The molecule has 2 aromatic heterocycles. The molecule has 4 rings (SSSR count). The Morgan fingerprint density at radius 3 is 2.55 bits per heavy atom. The van der Waals surface area contributed by atoms with Crippen molar-refractivity contribution < 1.29 is 13.6 Å². The summed E-state index contributed by atoms with van der Waals surface area (Å²) in [5, 5.41) is 6.35. The van der Waals surface area contributed by atoms with E-state index in [2.05, 4.69) is 20.1 Å². The van der Waals surface area contributed by atoms with Gasteiger partial charge in [0.2, 0.25) is 0 Å². The molecule has 1 aliphatic carbocycles. The highest BCUT2D eigenvalue weighted by molar-refractivity contribution is 8.00. The fraction of sp³-hybridized carbons (Fsp3) is 0.143. The van der Waals surface area contributed by atoms with Crippen molar-refractivity contribution in [1.82, 2.24) is 24.1 Å². The van der Waals surface area contributed by atoms with Crippen LogP contribution >= 0.6 is 23.4 Å². The number of fused-ring (bicyclic) bond motifs is 1. The second-order valence-electron chi connectivity index (χ2n) is 7.05. The Morgan fingerprint density at radius 2 is 1.88 bits per heavy atom. The molecule has 33 heavy (non-hydrogen) atoms. The SMILES string of the molecule is CN(C)S(=O)(O)=C1C=CC(=NC(=O)CSc2ncnc3c2cnn3-c2ccc(Cl)cc2)C=C1. The third-order valence-corrected chi connectivity index (χ3v) is 7.74. The molecular weight excluding hydrogens is 484 g/mol. The van der Waals surface area contributed by atoms with E-state index in [0.29, 0.717) is 21.4 Å². The number of carbonyl (C=O) groups is 1. The Bertz CT molecular complexity index is 1420. The molecule has 1 amide bonds. The Hall–Kier alpha value is -2.83. The lowest BCUT2D eigenvalue weighted by molar-refractivity contribution is -0.115. The van der Waals surface area contributed by atoms with Crippen molar-refractivity contribution in [2.75, 3.05) is 19.8 Å². The number of hydrogen-bond donors (Lipinski definition) is 1. The van der Waals surface area contributed by atoms with Crippen LogP contribution in [-0.4, -0.2) is 69.1 Å². The van der Waals surface area contributed by atoms with Crippen LogP contribution in [0.3, 0.4) is 0 Å². The lowest BCUT2D eigenvalue weighted by atomic mass is 10.2. The summed E-state index contributed by atoms with van der Waals surface area (Å²) in [6.45, 7) is 0. The van der Waals surface area contributed by atoms with E-state index in [9.17, 15) is 13.6 Å². The predicted octanol–water partition coefficient (Wildman–Crippen LogP) is 3.06. The van der Waals surface area contributed by atoms with Crippen molar-refractivity contribution in [1.29, 1.82) is 0 Å². The monoisotopic (exact) mass is 502 g/mol. The normalized spacial score (nSPS) is 15.3. The summed E-state index contributed by atoms with van der Waals surface area (Å²) in [4.78, 5) is 25.3. The highest BCUT2D eigenvalue weighted by atomic mass is 35.5. The third-order valence-electron chi connectivity index (χ3n) is 4.63. The molecule has 170 valence electrons. The summed E-state index contributed by atoms with van der Waals surface area (Å²) in [7, 11) is -0.248. The van der Waals surface area contributed by atoms with E-state index >= 15 is 0 Å². The maximum absolute atomic E-state index is 12.4. The number of aliphatic imine (C=N–C) groups is 1. The van der Waals surface area contributed by atoms with E-state index in [1.54, 1.807) is 23.0 Å². The maximum atomic E-state index is 12.4. The first-order valence-corrected chi connectivity index (χ1v) is 12.5. The number of rotatable bonds is 5. The van der Waals surface area contributed by atoms with Crippen LogP contribution in [0.1, 0.15) is 0 Å². The molecule has 12 heteroatoms. The first-order valence-electron chi connectivity index (χ1n) is 9.62. The quantitative estimate of drug-likeness (QED) is 0.324. The summed E-state index contributed by atoms with van der Waals surface area (Å²) in [6, 6.07) is 7.22. The lowest BCUT2D eigenvalue weighted by Gasteiger charge is -2.15. The summed E-state index contributed by atoms with van der Waals surface area (Å²) in [5.41, 5.74) is 1.82. The molecule has 1 N–H and O–H groups in total. The molecule has 1 aromatic carbocycles. The van der Waals surface area contributed by atoms with Crippen molar-refractivity contribution in [3.05, 3.63) is 66.1 Å². The fourth-order valence-corrected chi connectivity index (χ4v) is 4.71. The van der Waals surface area contributed by atoms with Gasteiger partial charge in [-0.25, -0.2) is 28.2 Å². The molecule has 1 aliphatic rings. The first-order chi connectivity index (χ1) is 15.8. The molecule has 0 saturated carbocycles. The van der Waals surface area contributed by atoms with Crippen molar-refractivity contribution in [2.24, 2.45) is 4.99 Å². The van der Waals surface area contributed by atoms with Gasteiger partial charge in [-0.3, -0.25) is 4.79 Å². The molecule has 0 radical (unpaired) electrons. The molecule has 0 bridgehead atoms. The van der Waals surface area contributed by atoms with Gasteiger partial charge in [0.15, 0.2) is 15.6 Å². The molecule has 0 aliphatic heterocycles. The number of allylic oxidation sites excluding steroid dienone is 4. The fourth-order valence-electron chi connectivity index (χ4n) is 2.92. The topological polar surface area (TPSA) is 114 Å².